The number of likely N-dealkylation sites (tertiary alicyclic amines) is 1. The van der Waals surface area contributed by atoms with E-state index >= 15 is 0 Å². The van der Waals surface area contributed by atoms with Gasteiger partial charge in [0.1, 0.15) is 11.4 Å². The predicted octanol–water partition coefficient (Wildman–Crippen LogP) is 4.28. The number of halogens is 1. The highest BCUT2D eigenvalue weighted by Crippen LogP contribution is 2.33. The van der Waals surface area contributed by atoms with Crippen molar-refractivity contribution >= 4 is 12.2 Å². The molecule has 2 rings (SSSR count). The maximum atomic E-state index is 13.9. The monoisotopic (exact) mass is 424 g/mol. The van der Waals surface area contributed by atoms with Crippen molar-refractivity contribution < 1.29 is 28.2 Å². The molecule has 1 saturated heterocycles. The molecule has 1 N–H and O–H groups in total. The van der Waals surface area contributed by atoms with Gasteiger partial charge in [-0.15, -0.1) is 0 Å². The second-order valence-electron chi connectivity index (χ2n) is 8.45. The van der Waals surface area contributed by atoms with E-state index in [4.69, 9.17) is 9.47 Å². The molecule has 0 saturated carbocycles. The van der Waals surface area contributed by atoms with Crippen molar-refractivity contribution in [1.29, 1.82) is 0 Å². The van der Waals surface area contributed by atoms with Crippen LogP contribution in [0.25, 0.3) is 0 Å². The average molecular weight is 425 g/mol. The second-order valence-corrected chi connectivity index (χ2v) is 8.45. The average Bonchev–Trinajstić information content (AvgIpc) is 2.92. The summed E-state index contributed by atoms with van der Waals surface area (Å²) in [6.07, 6.45) is 1.34. The molecule has 1 heterocycles. The van der Waals surface area contributed by atoms with Crippen molar-refractivity contribution in [3.8, 4) is 0 Å². The Morgan fingerprint density at radius 3 is 2.73 bits per heavy atom. The van der Waals surface area contributed by atoms with Crippen molar-refractivity contribution in [2.45, 2.75) is 51.7 Å². The first-order valence-corrected chi connectivity index (χ1v) is 10.4. The minimum absolute atomic E-state index is 0.0278. The molecule has 1 unspecified atom stereocenters. The van der Waals surface area contributed by atoms with Crippen LogP contribution in [0.5, 0.6) is 0 Å². The number of ether oxygens (including phenoxy) is 3. The zero-order valence-electron chi connectivity index (χ0n) is 18.3. The largest absolute Gasteiger partial charge is 0.453 e. The first-order valence-electron chi connectivity index (χ1n) is 10.4. The van der Waals surface area contributed by atoms with Crippen LogP contribution in [0, 0.1) is 11.7 Å². The van der Waals surface area contributed by atoms with E-state index < -0.39 is 17.8 Å². The van der Waals surface area contributed by atoms with Crippen molar-refractivity contribution in [3.63, 3.8) is 0 Å². The molecule has 1 aromatic carbocycles. The van der Waals surface area contributed by atoms with E-state index in [-0.39, 0.29) is 31.0 Å². The zero-order chi connectivity index (χ0) is 22.1. The van der Waals surface area contributed by atoms with E-state index in [0.717, 1.165) is 19.3 Å². The Kier molecular flexibility index (Phi) is 8.89. The lowest BCUT2D eigenvalue weighted by Gasteiger charge is -2.32. The lowest BCUT2D eigenvalue weighted by molar-refractivity contribution is -0.00833. The molecule has 0 radical (unpaired) electrons. The topological polar surface area (TPSA) is 77.1 Å². The lowest BCUT2D eigenvalue weighted by Crippen LogP contribution is -2.40. The summed E-state index contributed by atoms with van der Waals surface area (Å²) in [4.78, 5) is 25.6. The molecular formula is C22H33FN2O5. The minimum Gasteiger partial charge on any atom is -0.453 e. The molecule has 1 fully saturated rings. The smallest absolute Gasteiger partial charge is 0.410 e. The van der Waals surface area contributed by atoms with Gasteiger partial charge in [0.25, 0.3) is 0 Å². The Morgan fingerprint density at radius 2 is 2.07 bits per heavy atom. The van der Waals surface area contributed by atoms with Crippen LogP contribution in [-0.4, -0.2) is 56.0 Å². The van der Waals surface area contributed by atoms with Crippen molar-refractivity contribution in [1.82, 2.24) is 10.2 Å². The van der Waals surface area contributed by atoms with Crippen molar-refractivity contribution in [2.75, 3.05) is 33.4 Å². The van der Waals surface area contributed by atoms with E-state index in [2.05, 4.69) is 10.1 Å². The fraction of sp³-hybridized carbons (Fsp3) is 0.636. The van der Waals surface area contributed by atoms with Gasteiger partial charge in [-0.05, 0) is 51.3 Å². The Labute approximate surface area is 177 Å². The Balaban J connectivity index is 2.14. The Morgan fingerprint density at radius 1 is 1.30 bits per heavy atom. The summed E-state index contributed by atoms with van der Waals surface area (Å²) in [5.41, 5.74) is 0.140. The third kappa shape index (κ3) is 7.82. The van der Waals surface area contributed by atoms with Gasteiger partial charge in [-0.25, -0.2) is 14.0 Å². The number of hydrogen-bond donors (Lipinski definition) is 1. The number of hydrogen-bond acceptors (Lipinski definition) is 5. The molecule has 1 aliphatic heterocycles. The summed E-state index contributed by atoms with van der Waals surface area (Å²) >= 11 is 0. The van der Waals surface area contributed by atoms with Crippen LogP contribution in [0.2, 0.25) is 0 Å². The summed E-state index contributed by atoms with van der Waals surface area (Å²) in [7, 11) is 1.29. The first-order chi connectivity index (χ1) is 14.2. The number of benzene rings is 1. The highest BCUT2D eigenvalue weighted by Gasteiger charge is 2.32. The normalized spacial score (nSPS) is 18.3. The number of carbonyl (C=O) groups excluding carboxylic acids is 2. The first kappa shape index (κ1) is 23.9. The van der Waals surface area contributed by atoms with Gasteiger partial charge in [0.2, 0.25) is 0 Å². The molecular weight excluding hydrogens is 391 g/mol. The third-order valence-corrected chi connectivity index (χ3v) is 4.82. The standard InChI is InChI=1S/C22H33FN2O5/c1-22(2,3)30-21(27)25-12-6-5-8-17(15-25)19(16-9-7-10-18(23)14-16)29-13-11-24-20(26)28-4/h7,9-10,14,17,19H,5-6,8,11-13,15H2,1-4H3,(H,24,26)/t17?,19-/m0/s1. The minimum atomic E-state index is -0.573. The van der Waals surface area contributed by atoms with Gasteiger partial charge in [-0.3, -0.25) is 0 Å². The maximum Gasteiger partial charge on any atom is 0.410 e. The van der Waals surface area contributed by atoms with E-state index in [9.17, 15) is 14.0 Å². The van der Waals surface area contributed by atoms with Crippen molar-refractivity contribution in [3.05, 3.63) is 35.6 Å². The fourth-order valence-corrected chi connectivity index (χ4v) is 3.51. The van der Waals surface area contributed by atoms with Crippen LogP contribution in [0.4, 0.5) is 14.0 Å². The highest BCUT2D eigenvalue weighted by atomic mass is 19.1. The van der Waals surface area contributed by atoms with Gasteiger partial charge >= 0.3 is 12.2 Å². The summed E-state index contributed by atoms with van der Waals surface area (Å²) in [6.45, 7) is 7.10. The molecule has 0 aliphatic carbocycles. The lowest BCUT2D eigenvalue weighted by atomic mass is 9.91. The van der Waals surface area contributed by atoms with Gasteiger partial charge in [-0.1, -0.05) is 18.6 Å². The third-order valence-electron chi connectivity index (χ3n) is 4.82. The predicted molar refractivity (Wildman–Crippen MR) is 111 cm³/mol. The van der Waals surface area contributed by atoms with Crippen LogP contribution in [0.3, 0.4) is 0 Å². The quantitative estimate of drug-likeness (QED) is 0.690. The summed E-state index contributed by atoms with van der Waals surface area (Å²) in [6, 6.07) is 6.32. The van der Waals surface area contributed by atoms with Crippen LogP contribution < -0.4 is 5.32 Å². The molecule has 0 bridgehead atoms. The molecule has 168 valence electrons. The van der Waals surface area contributed by atoms with Gasteiger partial charge < -0.3 is 24.4 Å². The van der Waals surface area contributed by atoms with E-state index in [1.54, 1.807) is 11.0 Å². The van der Waals surface area contributed by atoms with Crippen LogP contribution in [0.15, 0.2) is 24.3 Å². The van der Waals surface area contributed by atoms with Crippen LogP contribution in [-0.2, 0) is 14.2 Å². The number of methoxy groups -OCH3 is 1. The van der Waals surface area contributed by atoms with E-state index in [0.29, 0.717) is 18.7 Å². The SMILES string of the molecule is COC(=O)NCCO[C@@H](c1cccc(F)c1)C1CCCCN(C(=O)OC(C)(C)C)C1. The summed E-state index contributed by atoms with van der Waals surface area (Å²) < 4.78 is 30.1. The number of alkyl carbamates (subject to hydrolysis) is 1. The molecule has 2 amide bonds. The van der Waals surface area contributed by atoms with Crippen LogP contribution >= 0.6 is 0 Å². The number of nitrogens with zero attached hydrogens (tertiary/aromatic N) is 1. The van der Waals surface area contributed by atoms with E-state index in [1.165, 1.54) is 19.2 Å². The fourth-order valence-electron chi connectivity index (χ4n) is 3.51. The second kappa shape index (κ2) is 11.2. The van der Waals surface area contributed by atoms with Crippen LogP contribution in [0.1, 0.15) is 51.7 Å². The number of amides is 2. The molecule has 2 atom stereocenters. The number of nitrogens with one attached hydrogen (secondary N) is 1. The van der Waals surface area contributed by atoms with E-state index in [1.807, 2.05) is 26.8 Å². The molecule has 8 heteroatoms. The Hall–Kier alpha value is -2.35. The van der Waals surface area contributed by atoms with Gasteiger partial charge in [0, 0.05) is 25.6 Å². The van der Waals surface area contributed by atoms with Gasteiger partial charge in [0.05, 0.1) is 19.8 Å². The number of rotatable bonds is 6. The molecule has 7 nitrogen and oxygen atoms in total. The summed E-state index contributed by atoms with van der Waals surface area (Å²) in [5, 5.41) is 2.57. The number of carbonyl (C=O) groups is 2. The molecule has 1 aromatic rings. The highest BCUT2D eigenvalue weighted by molar-refractivity contribution is 5.68. The molecule has 30 heavy (non-hydrogen) atoms. The zero-order valence-corrected chi connectivity index (χ0v) is 18.3. The van der Waals surface area contributed by atoms with Gasteiger partial charge in [0.15, 0.2) is 0 Å². The summed E-state index contributed by atoms with van der Waals surface area (Å²) in [5.74, 6) is -0.369. The maximum absolute atomic E-state index is 13.9. The molecule has 0 aromatic heterocycles. The van der Waals surface area contributed by atoms with Crippen molar-refractivity contribution in [2.24, 2.45) is 5.92 Å². The molecule has 1 aliphatic rings. The van der Waals surface area contributed by atoms with Gasteiger partial charge in [-0.2, -0.15) is 0 Å². The molecule has 0 spiro atoms. The Bertz CT molecular complexity index is 707.